The second-order valence-electron chi connectivity index (χ2n) is 5.68. The molecule has 1 amide bonds. The maximum Gasteiger partial charge on any atom is 0.250 e. The molecule has 0 unspecified atom stereocenters. The van der Waals surface area contributed by atoms with Crippen LogP contribution in [0.5, 0.6) is 17.2 Å². The van der Waals surface area contributed by atoms with Gasteiger partial charge in [-0.15, -0.1) is 11.3 Å². The number of carbonyl (C=O) groups is 1. The Kier molecular flexibility index (Phi) is 6.64. The first kappa shape index (κ1) is 19.4. The summed E-state index contributed by atoms with van der Waals surface area (Å²) in [6, 6.07) is 14.9. The molecular weight excluding hydrogens is 376 g/mol. The minimum Gasteiger partial charge on any atom is -0.497 e. The summed E-state index contributed by atoms with van der Waals surface area (Å²) in [5.41, 5.74) is 1.50. The largest absolute Gasteiger partial charge is 0.497 e. The van der Waals surface area contributed by atoms with E-state index in [1.807, 2.05) is 35.7 Å². The highest BCUT2D eigenvalue weighted by Crippen LogP contribution is 2.25. The van der Waals surface area contributed by atoms with Crippen LogP contribution in [0.2, 0.25) is 0 Å². The van der Waals surface area contributed by atoms with Crippen molar-refractivity contribution in [2.45, 2.75) is 6.61 Å². The highest BCUT2D eigenvalue weighted by molar-refractivity contribution is 7.13. The van der Waals surface area contributed by atoms with Gasteiger partial charge in [0.15, 0.2) is 5.13 Å². The average Bonchev–Trinajstić information content (AvgIpc) is 3.18. The Bertz CT molecular complexity index is 954. The molecule has 0 bridgehead atoms. The van der Waals surface area contributed by atoms with Gasteiger partial charge in [0.25, 0.3) is 0 Å². The molecule has 3 rings (SSSR count). The first-order valence-corrected chi connectivity index (χ1v) is 9.39. The summed E-state index contributed by atoms with van der Waals surface area (Å²) in [6.45, 7) is 0.341. The van der Waals surface area contributed by atoms with Crippen molar-refractivity contribution >= 4 is 28.5 Å². The number of amides is 1. The molecule has 28 heavy (non-hydrogen) atoms. The van der Waals surface area contributed by atoms with Gasteiger partial charge in [0.05, 0.1) is 19.9 Å². The van der Waals surface area contributed by atoms with Gasteiger partial charge in [-0.2, -0.15) is 0 Å². The number of rotatable bonds is 8. The van der Waals surface area contributed by atoms with Gasteiger partial charge in [-0.1, -0.05) is 18.2 Å². The maximum atomic E-state index is 12.2. The quantitative estimate of drug-likeness (QED) is 0.572. The summed E-state index contributed by atoms with van der Waals surface area (Å²) in [4.78, 5) is 16.6. The molecule has 0 fully saturated rings. The Morgan fingerprint density at radius 1 is 1.11 bits per heavy atom. The van der Waals surface area contributed by atoms with Gasteiger partial charge >= 0.3 is 0 Å². The zero-order chi connectivity index (χ0) is 19.8. The summed E-state index contributed by atoms with van der Waals surface area (Å²) in [6.07, 6.45) is 3.10. The van der Waals surface area contributed by atoms with Crippen molar-refractivity contribution in [1.29, 1.82) is 0 Å². The van der Waals surface area contributed by atoms with Gasteiger partial charge < -0.3 is 14.2 Å². The van der Waals surface area contributed by atoms with E-state index in [0.717, 1.165) is 17.0 Å². The second-order valence-corrected chi connectivity index (χ2v) is 6.53. The third kappa shape index (κ3) is 5.34. The van der Waals surface area contributed by atoms with Crippen LogP contribution < -0.4 is 19.5 Å². The van der Waals surface area contributed by atoms with Crippen LogP contribution in [0, 0.1) is 0 Å². The van der Waals surface area contributed by atoms with E-state index in [0.29, 0.717) is 23.2 Å². The highest BCUT2D eigenvalue weighted by atomic mass is 32.1. The number of benzene rings is 2. The van der Waals surface area contributed by atoms with E-state index in [-0.39, 0.29) is 5.91 Å². The number of thiazole rings is 1. The molecule has 1 heterocycles. The fourth-order valence-corrected chi connectivity index (χ4v) is 3.08. The molecule has 0 aliphatic rings. The van der Waals surface area contributed by atoms with Crippen molar-refractivity contribution in [3.8, 4) is 17.2 Å². The Morgan fingerprint density at radius 3 is 2.68 bits per heavy atom. The van der Waals surface area contributed by atoms with E-state index in [1.165, 1.54) is 17.4 Å². The molecular formula is C21H20N2O4S. The van der Waals surface area contributed by atoms with Crippen molar-refractivity contribution in [2.75, 3.05) is 19.5 Å². The number of hydrogen-bond donors (Lipinski definition) is 1. The van der Waals surface area contributed by atoms with Crippen molar-refractivity contribution < 1.29 is 19.0 Å². The zero-order valence-electron chi connectivity index (χ0n) is 15.5. The normalized spacial score (nSPS) is 10.6. The van der Waals surface area contributed by atoms with Crippen LogP contribution in [0.4, 0.5) is 5.13 Å². The fraction of sp³-hybridized carbons (Fsp3) is 0.143. The number of nitrogens with one attached hydrogen (secondary N) is 1. The molecule has 6 nitrogen and oxygen atoms in total. The van der Waals surface area contributed by atoms with Crippen molar-refractivity contribution in [2.24, 2.45) is 0 Å². The van der Waals surface area contributed by atoms with E-state index in [1.54, 1.807) is 38.5 Å². The van der Waals surface area contributed by atoms with Gasteiger partial charge in [0.2, 0.25) is 5.91 Å². The zero-order valence-corrected chi connectivity index (χ0v) is 16.4. The molecule has 0 aliphatic carbocycles. The van der Waals surface area contributed by atoms with Gasteiger partial charge in [-0.25, -0.2) is 4.98 Å². The maximum absolute atomic E-state index is 12.2. The van der Waals surface area contributed by atoms with E-state index >= 15 is 0 Å². The first-order chi connectivity index (χ1) is 13.7. The highest BCUT2D eigenvalue weighted by Gasteiger charge is 2.07. The molecule has 0 atom stereocenters. The topological polar surface area (TPSA) is 69.7 Å². The van der Waals surface area contributed by atoms with Crippen molar-refractivity contribution in [3.05, 3.63) is 71.2 Å². The van der Waals surface area contributed by atoms with Gasteiger partial charge in [-0.05, 0) is 36.4 Å². The number of ether oxygens (including phenoxy) is 3. The lowest BCUT2D eigenvalue weighted by molar-refractivity contribution is -0.111. The molecule has 3 aromatic rings. The molecule has 1 aromatic heterocycles. The van der Waals surface area contributed by atoms with Crippen LogP contribution in [0.1, 0.15) is 11.3 Å². The van der Waals surface area contributed by atoms with E-state index in [9.17, 15) is 4.79 Å². The number of para-hydroxylation sites is 1. The standard InChI is InChI=1S/C21H20N2O4S/c1-25-18-9-10-19(26-2)15(12-18)8-11-20(24)23-21-22-16(14-28-21)13-27-17-6-4-3-5-7-17/h3-12,14H,13H2,1-2H3,(H,22,23,24). The minimum atomic E-state index is -0.283. The number of hydrogen-bond acceptors (Lipinski definition) is 6. The second kappa shape index (κ2) is 9.57. The Labute approximate surface area is 167 Å². The summed E-state index contributed by atoms with van der Waals surface area (Å²) < 4.78 is 16.2. The van der Waals surface area contributed by atoms with Gasteiger partial charge in [0, 0.05) is 17.0 Å². The Balaban J connectivity index is 1.58. The number of aromatic nitrogens is 1. The summed E-state index contributed by atoms with van der Waals surface area (Å²) >= 11 is 1.35. The third-order valence-electron chi connectivity index (χ3n) is 3.76. The van der Waals surface area contributed by atoms with Crippen LogP contribution in [-0.4, -0.2) is 25.1 Å². The van der Waals surface area contributed by atoms with E-state index in [4.69, 9.17) is 14.2 Å². The van der Waals surface area contributed by atoms with Gasteiger partial charge in [-0.3, -0.25) is 10.1 Å². The number of methoxy groups -OCH3 is 2. The van der Waals surface area contributed by atoms with Crippen LogP contribution in [-0.2, 0) is 11.4 Å². The lowest BCUT2D eigenvalue weighted by Crippen LogP contribution is -2.07. The average molecular weight is 396 g/mol. The smallest absolute Gasteiger partial charge is 0.250 e. The van der Waals surface area contributed by atoms with E-state index < -0.39 is 0 Å². The van der Waals surface area contributed by atoms with Crippen LogP contribution in [0.25, 0.3) is 6.08 Å². The lowest BCUT2D eigenvalue weighted by Gasteiger charge is -2.07. The molecule has 0 aliphatic heterocycles. The fourth-order valence-electron chi connectivity index (χ4n) is 2.39. The number of nitrogens with zero attached hydrogens (tertiary/aromatic N) is 1. The molecule has 0 spiro atoms. The van der Waals surface area contributed by atoms with E-state index in [2.05, 4.69) is 10.3 Å². The Hall–Kier alpha value is -3.32. The molecule has 0 saturated heterocycles. The van der Waals surface area contributed by atoms with Crippen molar-refractivity contribution in [3.63, 3.8) is 0 Å². The van der Waals surface area contributed by atoms with Crippen LogP contribution in [0.3, 0.4) is 0 Å². The molecule has 1 N–H and O–H groups in total. The number of anilines is 1. The summed E-state index contributed by atoms with van der Waals surface area (Å²) in [5, 5.41) is 5.12. The predicted molar refractivity (Wildman–Crippen MR) is 110 cm³/mol. The summed E-state index contributed by atoms with van der Waals surface area (Å²) in [7, 11) is 3.16. The third-order valence-corrected chi connectivity index (χ3v) is 4.57. The van der Waals surface area contributed by atoms with Crippen molar-refractivity contribution in [1.82, 2.24) is 4.98 Å². The van der Waals surface area contributed by atoms with Gasteiger partial charge in [0.1, 0.15) is 23.9 Å². The molecule has 7 heteroatoms. The predicted octanol–water partition coefficient (Wildman–Crippen LogP) is 4.39. The minimum absolute atomic E-state index is 0.283. The molecule has 2 aromatic carbocycles. The number of carbonyl (C=O) groups excluding carboxylic acids is 1. The molecule has 144 valence electrons. The Morgan fingerprint density at radius 2 is 1.93 bits per heavy atom. The monoisotopic (exact) mass is 396 g/mol. The summed E-state index contributed by atoms with van der Waals surface area (Å²) in [5.74, 6) is 1.83. The SMILES string of the molecule is COc1ccc(OC)c(C=CC(=O)Nc2nc(COc3ccccc3)cs2)c1. The van der Waals surface area contributed by atoms with Crippen LogP contribution >= 0.6 is 11.3 Å². The molecule has 0 saturated carbocycles. The van der Waals surface area contributed by atoms with Crippen LogP contribution in [0.15, 0.2) is 60.0 Å². The first-order valence-electron chi connectivity index (χ1n) is 8.51. The lowest BCUT2D eigenvalue weighted by atomic mass is 10.1. The molecule has 0 radical (unpaired) electrons.